The van der Waals surface area contributed by atoms with Gasteiger partial charge in [-0.15, -0.1) is 17.4 Å². The largest absolute Gasteiger partial charge is 0.395 e. The van der Waals surface area contributed by atoms with Crippen LogP contribution in [0.4, 0.5) is 5.95 Å². The van der Waals surface area contributed by atoms with Crippen molar-refractivity contribution in [3.8, 4) is 12.3 Å². The average Bonchev–Trinajstić information content (AvgIpc) is 3.44. The van der Waals surface area contributed by atoms with Crippen molar-refractivity contribution in [2.45, 2.75) is 70.2 Å². The summed E-state index contributed by atoms with van der Waals surface area (Å²) in [5, 5.41) is 20.8. The molecule has 0 aliphatic carbocycles. The lowest BCUT2D eigenvalue weighted by Gasteiger charge is -2.30. The Labute approximate surface area is 230 Å². The first-order chi connectivity index (χ1) is 18.4. The second kappa shape index (κ2) is 13.1. The van der Waals surface area contributed by atoms with Crippen LogP contribution in [0.3, 0.4) is 0 Å². The second-order valence-electron chi connectivity index (χ2n) is 9.98. The summed E-state index contributed by atoms with van der Waals surface area (Å²) in [6.45, 7) is 8.63. The highest BCUT2D eigenvalue weighted by Gasteiger charge is 2.25. The number of nitrogens with zero attached hydrogens (tertiary/aromatic N) is 6. The zero-order valence-corrected chi connectivity index (χ0v) is 23.4. The van der Waals surface area contributed by atoms with Crippen LogP contribution in [0.2, 0.25) is 0 Å². The average molecular weight is 562 g/mol. The van der Waals surface area contributed by atoms with Gasteiger partial charge in [0.2, 0.25) is 11.9 Å². The van der Waals surface area contributed by atoms with Gasteiger partial charge in [-0.2, -0.15) is 4.98 Å². The minimum absolute atomic E-state index is 0.00789. The summed E-state index contributed by atoms with van der Waals surface area (Å²) in [7, 11) is 0. The third kappa shape index (κ3) is 8.79. The predicted octanol–water partition coefficient (Wildman–Crippen LogP) is 0.308. The van der Waals surface area contributed by atoms with Gasteiger partial charge in [0.05, 0.1) is 37.2 Å². The first-order valence-electron chi connectivity index (χ1n) is 12.3. The van der Waals surface area contributed by atoms with Crippen molar-refractivity contribution >= 4 is 34.8 Å². The highest BCUT2D eigenvalue weighted by atomic mass is 32.2. The molecule has 39 heavy (non-hydrogen) atoms. The molecule has 0 fully saturated rings. The number of hydrogen-bond donors (Lipinski definition) is 4. The summed E-state index contributed by atoms with van der Waals surface area (Å²) >= 11 is 1.32. The number of carbonyl (C=O) groups is 1. The van der Waals surface area contributed by atoms with Crippen LogP contribution in [-0.2, 0) is 34.0 Å². The molecule has 3 aromatic heterocycles. The third-order valence-electron chi connectivity index (χ3n) is 5.41. The normalized spacial score (nSPS) is 12.1. The Morgan fingerprint density at radius 1 is 1.28 bits per heavy atom. The van der Waals surface area contributed by atoms with Crippen molar-refractivity contribution in [1.82, 2.24) is 39.8 Å². The van der Waals surface area contributed by atoms with Crippen LogP contribution in [0.1, 0.15) is 39.8 Å². The predicted molar refractivity (Wildman–Crippen MR) is 146 cm³/mol. The number of nitrogen functional groups attached to an aromatic ring is 1. The summed E-state index contributed by atoms with van der Waals surface area (Å²) in [4.78, 5) is 35.4. The number of aliphatic hydroxyl groups is 1. The van der Waals surface area contributed by atoms with E-state index in [9.17, 15) is 14.7 Å². The van der Waals surface area contributed by atoms with Crippen molar-refractivity contribution in [1.29, 1.82) is 0 Å². The van der Waals surface area contributed by atoms with Gasteiger partial charge in [0.15, 0.2) is 16.3 Å². The lowest BCUT2D eigenvalue weighted by molar-refractivity contribution is -0.124. The number of aromatic nitrogens is 7. The molecule has 15 heteroatoms. The van der Waals surface area contributed by atoms with E-state index in [-0.39, 0.29) is 43.7 Å². The summed E-state index contributed by atoms with van der Waals surface area (Å²) in [6, 6.07) is 0. The molecule has 0 spiro atoms. The van der Waals surface area contributed by atoms with Crippen molar-refractivity contribution in [2.75, 3.05) is 31.2 Å². The zero-order chi connectivity index (χ0) is 28.6. The number of nitrogens with one attached hydrogen (secondary N) is 2. The van der Waals surface area contributed by atoms with E-state index >= 15 is 0 Å². The SMILES string of the molecule is C#CCC(C)(C)OCC(C)(C)OCc1cn(CC(=O)NCCSc2nc3c(=O)[nH]c(N)nc3n2CCO)nn1. The minimum Gasteiger partial charge on any atom is -0.395 e. The fraction of sp³-hybridized carbons (Fsp3) is 0.583. The number of fused-ring (bicyclic) bond motifs is 1. The molecule has 0 bridgehead atoms. The lowest BCUT2D eigenvalue weighted by Crippen LogP contribution is -2.36. The number of hydrogen-bond acceptors (Lipinski definition) is 11. The fourth-order valence-electron chi connectivity index (χ4n) is 3.41. The number of H-pyrrole nitrogens is 1. The van der Waals surface area contributed by atoms with Gasteiger partial charge < -0.3 is 30.2 Å². The van der Waals surface area contributed by atoms with Gasteiger partial charge >= 0.3 is 0 Å². The maximum atomic E-state index is 12.4. The number of carbonyl (C=O) groups excluding carboxylic acids is 1. The highest BCUT2D eigenvalue weighted by molar-refractivity contribution is 7.99. The van der Waals surface area contributed by atoms with Crippen LogP contribution in [0, 0.1) is 12.3 Å². The maximum Gasteiger partial charge on any atom is 0.280 e. The van der Waals surface area contributed by atoms with Gasteiger partial charge in [-0.3, -0.25) is 14.6 Å². The molecule has 0 aliphatic rings. The van der Waals surface area contributed by atoms with Gasteiger partial charge in [0.1, 0.15) is 12.2 Å². The lowest BCUT2D eigenvalue weighted by atomic mass is 10.1. The molecule has 14 nitrogen and oxygen atoms in total. The summed E-state index contributed by atoms with van der Waals surface area (Å²) in [6.07, 6.45) is 7.54. The Morgan fingerprint density at radius 3 is 2.77 bits per heavy atom. The molecule has 3 aromatic rings. The van der Waals surface area contributed by atoms with Crippen molar-refractivity contribution < 1.29 is 19.4 Å². The monoisotopic (exact) mass is 561 g/mol. The van der Waals surface area contributed by atoms with Gasteiger partial charge in [-0.1, -0.05) is 17.0 Å². The molecule has 0 unspecified atom stereocenters. The van der Waals surface area contributed by atoms with Crippen LogP contribution < -0.4 is 16.6 Å². The number of nitrogens with two attached hydrogens (primary N) is 1. The molecule has 5 N–H and O–H groups in total. The molecule has 0 radical (unpaired) electrons. The van der Waals surface area contributed by atoms with E-state index in [1.165, 1.54) is 16.4 Å². The number of anilines is 1. The molecule has 0 atom stereocenters. The smallest absolute Gasteiger partial charge is 0.280 e. The fourth-order valence-corrected chi connectivity index (χ4v) is 4.29. The van der Waals surface area contributed by atoms with Crippen molar-refractivity contribution in [3.63, 3.8) is 0 Å². The molecule has 0 aromatic carbocycles. The molecular formula is C24H35N9O5S. The van der Waals surface area contributed by atoms with E-state index in [4.69, 9.17) is 21.6 Å². The van der Waals surface area contributed by atoms with E-state index in [1.54, 1.807) is 10.8 Å². The van der Waals surface area contributed by atoms with Gasteiger partial charge in [-0.25, -0.2) is 9.67 Å². The molecule has 1 amide bonds. The molecule has 0 saturated heterocycles. The number of rotatable bonds is 15. The Balaban J connectivity index is 1.44. The van der Waals surface area contributed by atoms with E-state index in [1.807, 2.05) is 27.7 Å². The minimum atomic E-state index is -0.571. The Kier molecular flexibility index (Phi) is 10.1. The summed E-state index contributed by atoms with van der Waals surface area (Å²) in [5.41, 5.74) is 5.19. The van der Waals surface area contributed by atoms with Crippen LogP contribution in [-0.4, -0.2) is 82.2 Å². The van der Waals surface area contributed by atoms with Gasteiger partial charge in [-0.05, 0) is 27.7 Å². The number of terminal acetylenes is 1. The number of ether oxygens (including phenoxy) is 2. The zero-order valence-electron chi connectivity index (χ0n) is 22.6. The molecule has 3 heterocycles. The number of aliphatic hydroxyl groups excluding tert-OH is 1. The van der Waals surface area contributed by atoms with Crippen LogP contribution in [0.15, 0.2) is 16.1 Å². The van der Waals surface area contributed by atoms with E-state index in [2.05, 4.69) is 36.5 Å². The van der Waals surface area contributed by atoms with Crippen molar-refractivity contribution in [3.05, 3.63) is 22.2 Å². The van der Waals surface area contributed by atoms with Crippen LogP contribution >= 0.6 is 11.8 Å². The van der Waals surface area contributed by atoms with Crippen molar-refractivity contribution in [2.24, 2.45) is 0 Å². The number of imidazole rings is 1. The second-order valence-corrected chi connectivity index (χ2v) is 11.0. The van der Waals surface area contributed by atoms with E-state index in [0.717, 1.165) is 0 Å². The maximum absolute atomic E-state index is 12.4. The molecule has 3 rings (SSSR count). The number of aromatic amines is 1. The van der Waals surface area contributed by atoms with Gasteiger partial charge in [0.25, 0.3) is 5.56 Å². The Morgan fingerprint density at radius 2 is 2.05 bits per heavy atom. The van der Waals surface area contributed by atoms with Crippen LogP contribution in [0.5, 0.6) is 0 Å². The number of amides is 1. The Bertz CT molecular complexity index is 1370. The van der Waals surface area contributed by atoms with Gasteiger partial charge in [0, 0.05) is 25.3 Å². The highest BCUT2D eigenvalue weighted by Crippen LogP contribution is 2.21. The first kappa shape index (κ1) is 30.1. The molecular weight excluding hydrogens is 526 g/mol. The quantitative estimate of drug-likeness (QED) is 0.114. The van der Waals surface area contributed by atoms with E-state index in [0.29, 0.717) is 41.8 Å². The summed E-state index contributed by atoms with van der Waals surface area (Å²) < 4.78 is 14.9. The first-order valence-corrected chi connectivity index (χ1v) is 13.3. The van der Waals surface area contributed by atoms with Crippen LogP contribution in [0.25, 0.3) is 11.2 Å². The topological polar surface area (TPSA) is 188 Å². The number of thioether (sulfide) groups is 1. The molecule has 0 aliphatic heterocycles. The standard InChI is InChI=1S/C24H35N9O5S/c1-6-7-23(2,3)38-15-24(4,5)37-14-16-12-32(31-30-16)13-17(35)26-8-11-39-22-27-18-19(33(22)9-10-34)28-21(25)29-20(18)36/h1,12,34H,7-11,13-15H2,2-5H3,(H,26,35)(H3,25,28,29,36). The molecule has 0 saturated carbocycles. The summed E-state index contributed by atoms with van der Waals surface area (Å²) in [5.74, 6) is 2.81. The van der Waals surface area contributed by atoms with E-state index < -0.39 is 16.8 Å². The molecule has 212 valence electrons. The Hall–Kier alpha value is -3.45. The third-order valence-corrected chi connectivity index (χ3v) is 6.39.